The molecule has 1 aliphatic rings. The maximum absolute atomic E-state index is 5.42. The molecule has 0 aliphatic carbocycles. The highest BCUT2D eigenvalue weighted by atomic mass is 16.7. The number of hydrogen-bond acceptors (Lipinski definition) is 4. The summed E-state index contributed by atoms with van der Waals surface area (Å²) >= 11 is 0. The fraction of sp³-hybridized carbons (Fsp3) is 0.188. The predicted octanol–water partition coefficient (Wildman–Crippen LogP) is 3.46. The normalized spacial score (nSPS) is 14.3. The molecule has 1 aliphatic heterocycles. The highest BCUT2D eigenvalue weighted by Crippen LogP contribution is 2.34. The number of anilines is 1. The Bertz CT molecular complexity index is 797. The van der Waals surface area contributed by atoms with Gasteiger partial charge in [-0.1, -0.05) is 6.07 Å². The lowest BCUT2D eigenvalue weighted by Crippen LogP contribution is -2.06. The Morgan fingerprint density at radius 2 is 2.05 bits per heavy atom. The number of rotatable bonds is 3. The number of ether oxygens (including phenoxy) is 2. The van der Waals surface area contributed by atoms with E-state index < -0.39 is 0 Å². The first kappa shape index (κ1) is 12.1. The van der Waals surface area contributed by atoms with Gasteiger partial charge in [-0.25, -0.2) is 0 Å². The number of aromatic nitrogens is 2. The summed E-state index contributed by atoms with van der Waals surface area (Å²) in [6.07, 6.45) is 1.82. The van der Waals surface area contributed by atoms with Crippen molar-refractivity contribution in [2.45, 2.75) is 13.0 Å². The van der Waals surface area contributed by atoms with Gasteiger partial charge in [-0.3, -0.25) is 5.10 Å². The molecular weight excluding hydrogens is 266 g/mol. The van der Waals surface area contributed by atoms with Crippen LogP contribution in [0.1, 0.15) is 18.5 Å². The monoisotopic (exact) mass is 281 g/mol. The van der Waals surface area contributed by atoms with Crippen molar-refractivity contribution in [1.82, 2.24) is 10.2 Å². The smallest absolute Gasteiger partial charge is 0.231 e. The van der Waals surface area contributed by atoms with Crippen LogP contribution in [0.5, 0.6) is 11.5 Å². The Kier molecular flexibility index (Phi) is 2.70. The van der Waals surface area contributed by atoms with Crippen LogP contribution in [0.2, 0.25) is 0 Å². The molecule has 21 heavy (non-hydrogen) atoms. The molecule has 5 nitrogen and oxygen atoms in total. The first-order valence-corrected chi connectivity index (χ1v) is 6.89. The van der Waals surface area contributed by atoms with Crippen LogP contribution >= 0.6 is 0 Å². The van der Waals surface area contributed by atoms with Crippen molar-refractivity contribution in [3.63, 3.8) is 0 Å². The lowest BCUT2D eigenvalue weighted by molar-refractivity contribution is 0.174. The lowest BCUT2D eigenvalue weighted by Gasteiger charge is -2.16. The maximum atomic E-state index is 5.42. The van der Waals surface area contributed by atoms with Crippen LogP contribution in [-0.4, -0.2) is 17.0 Å². The molecule has 2 N–H and O–H groups in total. The number of nitrogens with one attached hydrogen (secondary N) is 2. The number of hydrogen-bond donors (Lipinski definition) is 2. The SMILES string of the molecule is CC(Nc1ccc2cn[nH]c2c1)c1ccc2c(c1)OCO2. The number of fused-ring (bicyclic) bond motifs is 2. The molecular formula is C16H15N3O2. The summed E-state index contributed by atoms with van der Waals surface area (Å²) in [7, 11) is 0. The topological polar surface area (TPSA) is 59.2 Å². The lowest BCUT2D eigenvalue weighted by atomic mass is 10.1. The quantitative estimate of drug-likeness (QED) is 0.772. The second-order valence-electron chi connectivity index (χ2n) is 5.15. The number of nitrogens with zero attached hydrogens (tertiary/aromatic N) is 1. The fourth-order valence-electron chi connectivity index (χ4n) is 2.54. The Labute approximate surface area is 121 Å². The second kappa shape index (κ2) is 4.70. The summed E-state index contributed by atoms with van der Waals surface area (Å²) in [6.45, 7) is 2.42. The summed E-state index contributed by atoms with van der Waals surface area (Å²) < 4.78 is 10.8. The molecule has 5 heteroatoms. The van der Waals surface area contributed by atoms with E-state index in [4.69, 9.17) is 9.47 Å². The third kappa shape index (κ3) is 2.16. The molecule has 0 saturated heterocycles. The molecule has 106 valence electrons. The average Bonchev–Trinajstić information content (AvgIpc) is 3.14. The summed E-state index contributed by atoms with van der Waals surface area (Å²) in [4.78, 5) is 0. The van der Waals surface area contributed by atoms with Crippen LogP contribution in [-0.2, 0) is 0 Å². The maximum Gasteiger partial charge on any atom is 0.231 e. The van der Waals surface area contributed by atoms with Crippen LogP contribution in [0.25, 0.3) is 10.9 Å². The van der Waals surface area contributed by atoms with Crippen molar-refractivity contribution < 1.29 is 9.47 Å². The van der Waals surface area contributed by atoms with Crippen molar-refractivity contribution in [3.05, 3.63) is 48.2 Å². The highest BCUT2D eigenvalue weighted by Gasteiger charge is 2.15. The molecule has 0 amide bonds. The van der Waals surface area contributed by atoms with E-state index in [1.165, 1.54) is 0 Å². The minimum absolute atomic E-state index is 0.167. The Morgan fingerprint density at radius 1 is 1.14 bits per heavy atom. The second-order valence-corrected chi connectivity index (χ2v) is 5.15. The zero-order valence-electron chi connectivity index (χ0n) is 11.6. The van der Waals surface area contributed by atoms with E-state index in [2.05, 4.69) is 40.6 Å². The van der Waals surface area contributed by atoms with Crippen LogP contribution < -0.4 is 14.8 Å². The van der Waals surface area contributed by atoms with Crippen molar-refractivity contribution in [3.8, 4) is 11.5 Å². The first-order chi connectivity index (χ1) is 10.3. The summed E-state index contributed by atoms with van der Waals surface area (Å²) in [6, 6.07) is 12.4. The van der Waals surface area contributed by atoms with Gasteiger partial charge in [0.1, 0.15) is 0 Å². The molecule has 1 aromatic heterocycles. The van der Waals surface area contributed by atoms with E-state index in [9.17, 15) is 0 Å². The molecule has 0 fully saturated rings. The molecule has 0 spiro atoms. The van der Waals surface area contributed by atoms with Gasteiger partial charge in [0.25, 0.3) is 0 Å². The Morgan fingerprint density at radius 3 is 3.00 bits per heavy atom. The first-order valence-electron chi connectivity index (χ1n) is 6.89. The largest absolute Gasteiger partial charge is 0.454 e. The minimum Gasteiger partial charge on any atom is -0.454 e. The van der Waals surface area contributed by atoms with E-state index in [0.717, 1.165) is 33.7 Å². The van der Waals surface area contributed by atoms with Crippen LogP contribution in [0.15, 0.2) is 42.6 Å². The van der Waals surface area contributed by atoms with Crippen molar-refractivity contribution in [2.24, 2.45) is 0 Å². The van der Waals surface area contributed by atoms with E-state index >= 15 is 0 Å². The van der Waals surface area contributed by atoms with Gasteiger partial charge in [0.2, 0.25) is 6.79 Å². The molecule has 2 aromatic carbocycles. The van der Waals surface area contributed by atoms with Gasteiger partial charge in [-0.2, -0.15) is 5.10 Å². The standard InChI is InChI=1S/C16H15N3O2/c1-10(11-3-5-15-16(6-11)21-9-20-15)18-13-4-2-12-8-17-19-14(12)7-13/h2-8,10,18H,9H2,1H3,(H,17,19). The molecule has 0 radical (unpaired) electrons. The molecule has 1 atom stereocenters. The summed E-state index contributed by atoms with van der Waals surface area (Å²) in [5.74, 6) is 1.62. The number of H-pyrrole nitrogens is 1. The predicted molar refractivity (Wildman–Crippen MR) is 80.7 cm³/mol. The van der Waals surface area contributed by atoms with E-state index in [1.54, 1.807) is 0 Å². The van der Waals surface area contributed by atoms with Crippen LogP contribution in [0.4, 0.5) is 5.69 Å². The number of benzene rings is 2. The Balaban J connectivity index is 1.58. The molecule has 0 bridgehead atoms. The van der Waals surface area contributed by atoms with Crippen molar-refractivity contribution in [1.29, 1.82) is 0 Å². The van der Waals surface area contributed by atoms with Crippen molar-refractivity contribution >= 4 is 16.6 Å². The van der Waals surface area contributed by atoms with Gasteiger partial charge in [0, 0.05) is 17.1 Å². The minimum atomic E-state index is 0.167. The van der Waals surface area contributed by atoms with Gasteiger partial charge in [-0.15, -0.1) is 0 Å². The zero-order chi connectivity index (χ0) is 14.2. The van der Waals surface area contributed by atoms with Crippen LogP contribution in [0, 0.1) is 0 Å². The van der Waals surface area contributed by atoms with Gasteiger partial charge in [0.15, 0.2) is 11.5 Å². The van der Waals surface area contributed by atoms with Gasteiger partial charge in [0.05, 0.1) is 11.7 Å². The van der Waals surface area contributed by atoms with E-state index in [1.807, 2.05) is 24.4 Å². The van der Waals surface area contributed by atoms with E-state index in [-0.39, 0.29) is 6.04 Å². The van der Waals surface area contributed by atoms with Gasteiger partial charge >= 0.3 is 0 Å². The van der Waals surface area contributed by atoms with Crippen LogP contribution in [0.3, 0.4) is 0 Å². The molecule has 1 unspecified atom stereocenters. The fourth-order valence-corrected chi connectivity index (χ4v) is 2.54. The molecule has 2 heterocycles. The average molecular weight is 281 g/mol. The third-order valence-electron chi connectivity index (χ3n) is 3.72. The van der Waals surface area contributed by atoms with Gasteiger partial charge < -0.3 is 14.8 Å². The Hall–Kier alpha value is -2.69. The third-order valence-corrected chi connectivity index (χ3v) is 3.72. The summed E-state index contributed by atoms with van der Waals surface area (Å²) in [5, 5.41) is 11.6. The van der Waals surface area contributed by atoms with E-state index in [0.29, 0.717) is 6.79 Å². The molecule has 0 saturated carbocycles. The molecule has 4 rings (SSSR count). The number of aromatic amines is 1. The highest BCUT2D eigenvalue weighted by molar-refractivity contribution is 5.81. The van der Waals surface area contributed by atoms with Crippen molar-refractivity contribution in [2.75, 3.05) is 12.1 Å². The zero-order valence-corrected chi connectivity index (χ0v) is 11.6. The summed E-state index contributed by atoms with van der Waals surface area (Å²) in [5.41, 5.74) is 3.23. The molecule has 3 aromatic rings. The van der Waals surface area contributed by atoms with Gasteiger partial charge in [-0.05, 0) is 42.8 Å².